The Morgan fingerprint density at radius 1 is 1.17 bits per heavy atom. The van der Waals surface area contributed by atoms with Crippen LogP contribution in [-0.4, -0.2) is 8.07 Å². The first-order chi connectivity index (χ1) is 5.67. The zero-order chi connectivity index (χ0) is 9.03. The molecule has 0 aliphatic rings. The lowest BCUT2D eigenvalue weighted by Gasteiger charge is -2.21. The van der Waals surface area contributed by atoms with Crippen molar-refractivity contribution in [1.82, 2.24) is 0 Å². The molecule has 0 bridgehead atoms. The molecule has 0 saturated carbocycles. The second kappa shape index (κ2) is 3.90. The van der Waals surface area contributed by atoms with Crippen molar-refractivity contribution in [2.45, 2.75) is 26.4 Å². The van der Waals surface area contributed by atoms with Gasteiger partial charge in [0.05, 0.1) is 8.07 Å². The van der Waals surface area contributed by atoms with Crippen molar-refractivity contribution in [3.63, 3.8) is 0 Å². The summed E-state index contributed by atoms with van der Waals surface area (Å²) in [7, 11) is -1.20. The molecule has 0 spiro atoms. The quantitative estimate of drug-likeness (QED) is 0.623. The van der Waals surface area contributed by atoms with Gasteiger partial charge in [0.15, 0.2) is 0 Å². The SMILES string of the molecule is CC[CH][Si](C)(C)c1ccccc1. The molecule has 0 nitrogen and oxygen atoms in total. The second-order valence-electron chi connectivity index (χ2n) is 3.70. The van der Waals surface area contributed by atoms with Crippen LogP contribution in [0.2, 0.25) is 13.1 Å². The summed E-state index contributed by atoms with van der Waals surface area (Å²) in [5.41, 5.74) is 0. The van der Waals surface area contributed by atoms with Crippen molar-refractivity contribution in [2.75, 3.05) is 0 Å². The Bertz CT molecular complexity index is 226. The van der Waals surface area contributed by atoms with E-state index < -0.39 is 8.07 Å². The molecule has 65 valence electrons. The number of hydrogen-bond donors (Lipinski definition) is 0. The lowest BCUT2D eigenvalue weighted by molar-refractivity contribution is 1.17. The standard InChI is InChI=1S/C11H17Si/c1-4-10-12(2,3)11-8-6-5-7-9-11/h5-10H,4H2,1-3H3. The van der Waals surface area contributed by atoms with Gasteiger partial charge >= 0.3 is 0 Å². The van der Waals surface area contributed by atoms with Crippen LogP contribution in [0.5, 0.6) is 0 Å². The fourth-order valence-corrected chi connectivity index (χ4v) is 3.80. The van der Waals surface area contributed by atoms with E-state index in [9.17, 15) is 0 Å². The van der Waals surface area contributed by atoms with E-state index in [2.05, 4.69) is 56.4 Å². The normalized spacial score (nSPS) is 11.6. The van der Waals surface area contributed by atoms with Gasteiger partial charge in [0, 0.05) is 0 Å². The van der Waals surface area contributed by atoms with Crippen molar-refractivity contribution in [1.29, 1.82) is 0 Å². The molecule has 12 heavy (non-hydrogen) atoms. The zero-order valence-electron chi connectivity index (χ0n) is 8.17. The second-order valence-corrected chi connectivity index (χ2v) is 8.13. The molecule has 0 atom stereocenters. The van der Waals surface area contributed by atoms with Gasteiger partial charge in [-0.1, -0.05) is 62.0 Å². The van der Waals surface area contributed by atoms with Crippen LogP contribution in [0.1, 0.15) is 13.3 Å². The minimum absolute atomic E-state index is 1.19. The first kappa shape index (κ1) is 9.52. The molecule has 1 rings (SSSR count). The summed E-state index contributed by atoms with van der Waals surface area (Å²) in [5.74, 6) is 0. The third kappa shape index (κ3) is 2.21. The van der Waals surface area contributed by atoms with Crippen LogP contribution in [0, 0.1) is 6.04 Å². The van der Waals surface area contributed by atoms with E-state index in [4.69, 9.17) is 0 Å². The predicted molar refractivity (Wildman–Crippen MR) is 58.1 cm³/mol. The van der Waals surface area contributed by atoms with Gasteiger partial charge in [-0.2, -0.15) is 0 Å². The Balaban J connectivity index is 2.82. The van der Waals surface area contributed by atoms with Crippen molar-refractivity contribution in [2.24, 2.45) is 0 Å². The van der Waals surface area contributed by atoms with E-state index in [1.54, 1.807) is 0 Å². The average molecular weight is 177 g/mol. The van der Waals surface area contributed by atoms with Crippen molar-refractivity contribution < 1.29 is 0 Å². The summed E-state index contributed by atoms with van der Waals surface area (Å²) in [5, 5.41) is 1.53. The maximum Gasteiger partial charge on any atom is 0.0836 e. The molecule has 1 heteroatoms. The van der Waals surface area contributed by atoms with Crippen molar-refractivity contribution >= 4 is 13.3 Å². The Morgan fingerprint density at radius 2 is 1.75 bits per heavy atom. The van der Waals surface area contributed by atoms with E-state index in [0.717, 1.165) is 0 Å². The highest BCUT2D eigenvalue weighted by Gasteiger charge is 2.21. The summed E-state index contributed by atoms with van der Waals surface area (Å²) < 4.78 is 0. The summed E-state index contributed by atoms with van der Waals surface area (Å²) in [6.45, 7) is 7.01. The molecule has 0 aliphatic heterocycles. The van der Waals surface area contributed by atoms with Gasteiger partial charge < -0.3 is 0 Å². The summed E-state index contributed by atoms with van der Waals surface area (Å²) >= 11 is 0. The molecule has 0 aliphatic carbocycles. The van der Waals surface area contributed by atoms with Crippen LogP contribution in [0.15, 0.2) is 30.3 Å². The molecule has 1 aromatic rings. The van der Waals surface area contributed by atoms with Gasteiger partial charge in [-0.3, -0.25) is 0 Å². The monoisotopic (exact) mass is 177 g/mol. The molecular formula is C11H17Si. The van der Waals surface area contributed by atoms with E-state index in [1.165, 1.54) is 11.6 Å². The highest BCUT2D eigenvalue weighted by Crippen LogP contribution is 2.08. The molecule has 0 unspecified atom stereocenters. The van der Waals surface area contributed by atoms with Crippen LogP contribution in [0.3, 0.4) is 0 Å². The lowest BCUT2D eigenvalue weighted by Crippen LogP contribution is -2.41. The molecule has 0 N–H and O–H groups in total. The van der Waals surface area contributed by atoms with Gasteiger partial charge in [0.25, 0.3) is 0 Å². The Hall–Kier alpha value is -0.563. The smallest absolute Gasteiger partial charge is 0.0654 e. The van der Waals surface area contributed by atoms with Crippen LogP contribution < -0.4 is 5.19 Å². The largest absolute Gasteiger partial charge is 0.0836 e. The maximum atomic E-state index is 2.49. The molecule has 0 heterocycles. The van der Waals surface area contributed by atoms with Crippen molar-refractivity contribution in [3.05, 3.63) is 36.4 Å². The van der Waals surface area contributed by atoms with Gasteiger partial charge in [-0.05, 0) is 6.04 Å². The van der Waals surface area contributed by atoms with Crippen LogP contribution >= 0.6 is 0 Å². The minimum atomic E-state index is -1.20. The summed E-state index contributed by atoms with van der Waals surface area (Å²) in [4.78, 5) is 0. The molecule has 1 radical (unpaired) electrons. The van der Waals surface area contributed by atoms with Crippen LogP contribution in [-0.2, 0) is 0 Å². The number of hydrogen-bond acceptors (Lipinski definition) is 0. The minimum Gasteiger partial charge on any atom is -0.0654 e. The van der Waals surface area contributed by atoms with Gasteiger partial charge in [0.2, 0.25) is 0 Å². The molecule has 0 aromatic heterocycles. The Kier molecular flexibility index (Phi) is 3.10. The number of rotatable bonds is 3. The van der Waals surface area contributed by atoms with E-state index >= 15 is 0 Å². The van der Waals surface area contributed by atoms with Crippen molar-refractivity contribution in [3.8, 4) is 0 Å². The zero-order valence-corrected chi connectivity index (χ0v) is 9.17. The first-order valence-electron chi connectivity index (χ1n) is 4.56. The van der Waals surface area contributed by atoms with E-state index in [-0.39, 0.29) is 0 Å². The fourth-order valence-electron chi connectivity index (χ4n) is 1.50. The molecule has 0 amide bonds. The predicted octanol–water partition coefficient (Wildman–Crippen LogP) is 2.76. The van der Waals surface area contributed by atoms with Crippen LogP contribution in [0.25, 0.3) is 0 Å². The lowest BCUT2D eigenvalue weighted by atomic mass is 10.4. The summed E-state index contributed by atoms with van der Waals surface area (Å²) in [6, 6.07) is 13.3. The van der Waals surface area contributed by atoms with Gasteiger partial charge in [0.1, 0.15) is 0 Å². The highest BCUT2D eigenvalue weighted by molar-refractivity contribution is 6.92. The Morgan fingerprint density at radius 3 is 2.25 bits per heavy atom. The average Bonchev–Trinajstić information content (AvgIpc) is 2.06. The molecule has 1 aromatic carbocycles. The fraction of sp³-hybridized carbons (Fsp3) is 0.364. The van der Waals surface area contributed by atoms with E-state index in [1.807, 2.05) is 0 Å². The van der Waals surface area contributed by atoms with Gasteiger partial charge in [-0.15, -0.1) is 0 Å². The topological polar surface area (TPSA) is 0 Å². The number of benzene rings is 1. The Labute approximate surface area is 76.6 Å². The third-order valence-electron chi connectivity index (χ3n) is 2.23. The van der Waals surface area contributed by atoms with Crippen LogP contribution in [0.4, 0.5) is 0 Å². The highest BCUT2D eigenvalue weighted by atomic mass is 28.3. The van der Waals surface area contributed by atoms with Gasteiger partial charge in [-0.25, -0.2) is 0 Å². The first-order valence-corrected chi connectivity index (χ1v) is 7.64. The maximum absolute atomic E-state index is 2.49. The third-order valence-corrected chi connectivity index (χ3v) is 5.48. The molecule has 0 saturated heterocycles. The molecule has 0 fully saturated rings. The molecular weight excluding hydrogens is 160 g/mol. The summed E-state index contributed by atoms with van der Waals surface area (Å²) in [6.07, 6.45) is 1.19. The van der Waals surface area contributed by atoms with E-state index in [0.29, 0.717) is 0 Å².